The van der Waals surface area contributed by atoms with Crippen molar-refractivity contribution in [2.45, 2.75) is 0 Å². The molecule has 0 aliphatic carbocycles. The fourth-order valence-electron chi connectivity index (χ4n) is 1.70. The van der Waals surface area contributed by atoms with Gasteiger partial charge in [0, 0.05) is 45.4 Å². The largest absolute Gasteiger partial charge is 0.383 e. The van der Waals surface area contributed by atoms with E-state index in [-0.39, 0.29) is 17.2 Å². The van der Waals surface area contributed by atoms with Gasteiger partial charge in [0.15, 0.2) is 0 Å². The third-order valence-corrected chi connectivity index (χ3v) is 2.78. The fraction of sp³-hybridized carbons (Fsp3) is 0.462. The molecule has 0 saturated carbocycles. The van der Waals surface area contributed by atoms with Gasteiger partial charge >= 0.3 is 0 Å². The smallest absolute Gasteiger partial charge is 0.293 e. The molecular formula is C13H20N4O4. The minimum Gasteiger partial charge on any atom is -0.383 e. The monoisotopic (exact) mass is 296 g/mol. The second kappa shape index (κ2) is 8.88. The lowest BCUT2D eigenvalue weighted by Crippen LogP contribution is -2.25. The number of hydrogen-bond donors (Lipinski definition) is 3. The summed E-state index contributed by atoms with van der Waals surface area (Å²) in [4.78, 5) is 22.0. The number of amides is 1. The zero-order valence-electron chi connectivity index (χ0n) is 12.1. The van der Waals surface area contributed by atoms with Crippen LogP contribution in [-0.4, -0.2) is 51.2 Å². The van der Waals surface area contributed by atoms with Gasteiger partial charge in [0.2, 0.25) is 0 Å². The van der Waals surface area contributed by atoms with Crippen LogP contribution in [0.4, 0.5) is 11.4 Å². The second-order valence-electron chi connectivity index (χ2n) is 4.24. The number of carbonyl (C=O) groups excluding carboxylic acids is 1. The highest BCUT2D eigenvalue weighted by Crippen LogP contribution is 2.25. The number of rotatable bonds is 9. The highest BCUT2D eigenvalue weighted by molar-refractivity contribution is 5.95. The number of nitro benzene ring substituents is 1. The van der Waals surface area contributed by atoms with Crippen molar-refractivity contribution in [1.82, 2.24) is 10.6 Å². The standard InChI is InChI=1S/C13H20N4O4/c1-14-13(18)10-3-4-11(12(9-10)17(19)20)16-6-5-15-7-8-21-2/h3-4,9,15-16H,5-8H2,1-2H3,(H,14,18). The normalized spacial score (nSPS) is 10.2. The minimum atomic E-state index is -0.507. The summed E-state index contributed by atoms with van der Waals surface area (Å²) in [5.41, 5.74) is 0.530. The van der Waals surface area contributed by atoms with Crippen molar-refractivity contribution in [2.24, 2.45) is 0 Å². The topological polar surface area (TPSA) is 106 Å². The van der Waals surface area contributed by atoms with Gasteiger partial charge in [-0.2, -0.15) is 0 Å². The number of anilines is 1. The number of nitrogens with zero attached hydrogens (tertiary/aromatic N) is 1. The number of benzene rings is 1. The summed E-state index contributed by atoms with van der Waals surface area (Å²) < 4.78 is 4.89. The SMILES string of the molecule is CNC(=O)c1ccc(NCCNCCOC)c([N+](=O)[O-])c1. The van der Waals surface area contributed by atoms with Gasteiger partial charge in [-0.25, -0.2) is 0 Å². The van der Waals surface area contributed by atoms with E-state index in [1.165, 1.54) is 19.2 Å². The molecular weight excluding hydrogens is 276 g/mol. The summed E-state index contributed by atoms with van der Waals surface area (Å²) in [6, 6.07) is 4.35. The van der Waals surface area contributed by atoms with Gasteiger partial charge in [0.1, 0.15) is 5.69 Å². The summed E-state index contributed by atoms with van der Waals surface area (Å²) in [6.07, 6.45) is 0. The van der Waals surface area contributed by atoms with Crippen LogP contribution in [0.1, 0.15) is 10.4 Å². The molecule has 0 fully saturated rings. The third kappa shape index (κ3) is 5.36. The predicted molar refractivity (Wildman–Crippen MR) is 79.7 cm³/mol. The molecule has 0 aromatic heterocycles. The molecule has 8 nitrogen and oxygen atoms in total. The van der Waals surface area contributed by atoms with Crippen molar-refractivity contribution in [3.63, 3.8) is 0 Å². The van der Waals surface area contributed by atoms with Gasteiger partial charge in [-0.1, -0.05) is 0 Å². The van der Waals surface area contributed by atoms with E-state index >= 15 is 0 Å². The first kappa shape index (κ1) is 16.9. The Hall–Kier alpha value is -2.19. The molecule has 1 aromatic rings. The van der Waals surface area contributed by atoms with Gasteiger partial charge in [-0.15, -0.1) is 0 Å². The van der Waals surface area contributed by atoms with E-state index in [2.05, 4.69) is 16.0 Å². The quantitative estimate of drug-likeness (QED) is 0.350. The molecule has 116 valence electrons. The van der Waals surface area contributed by atoms with Crippen LogP contribution in [0.25, 0.3) is 0 Å². The van der Waals surface area contributed by atoms with Crippen molar-refractivity contribution < 1.29 is 14.5 Å². The molecule has 0 heterocycles. The number of nitrogens with one attached hydrogen (secondary N) is 3. The van der Waals surface area contributed by atoms with E-state index in [9.17, 15) is 14.9 Å². The number of methoxy groups -OCH3 is 1. The number of ether oxygens (including phenoxy) is 1. The molecule has 0 bridgehead atoms. The number of nitro groups is 1. The van der Waals surface area contributed by atoms with Crippen molar-refractivity contribution in [2.75, 3.05) is 45.7 Å². The zero-order valence-corrected chi connectivity index (χ0v) is 12.1. The van der Waals surface area contributed by atoms with Crippen molar-refractivity contribution in [3.8, 4) is 0 Å². The van der Waals surface area contributed by atoms with Crippen molar-refractivity contribution in [3.05, 3.63) is 33.9 Å². The molecule has 8 heteroatoms. The maximum atomic E-state index is 11.5. The molecule has 0 saturated heterocycles. The summed E-state index contributed by atoms with van der Waals surface area (Å²) in [7, 11) is 3.10. The third-order valence-electron chi connectivity index (χ3n) is 2.78. The first-order chi connectivity index (χ1) is 10.1. The Morgan fingerprint density at radius 2 is 2.10 bits per heavy atom. The Labute approximate surface area is 123 Å². The lowest BCUT2D eigenvalue weighted by atomic mass is 10.1. The van der Waals surface area contributed by atoms with Crippen molar-refractivity contribution >= 4 is 17.3 Å². The summed E-state index contributed by atoms with van der Waals surface area (Å²) in [5.74, 6) is -0.356. The van der Waals surface area contributed by atoms with Crippen LogP contribution in [0.15, 0.2) is 18.2 Å². The Balaban J connectivity index is 2.65. The second-order valence-corrected chi connectivity index (χ2v) is 4.24. The molecule has 0 radical (unpaired) electrons. The van der Waals surface area contributed by atoms with Gasteiger partial charge in [-0.05, 0) is 12.1 Å². The maximum absolute atomic E-state index is 11.5. The molecule has 0 spiro atoms. The molecule has 0 aliphatic heterocycles. The predicted octanol–water partition coefficient (Wildman–Crippen LogP) is 0.602. The van der Waals surface area contributed by atoms with Crippen LogP contribution in [0.5, 0.6) is 0 Å². The van der Waals surface area contributed by atoms with E-state index in [1.54, 1.807) is 13.2 Å². The zero-order chi connectivity index (χ0) is 15.7. The highest BCUT2D eigenvalue weighted by atomic mass is 16.6. The van der Waals surface area contributed by atoms with Crippen LogP contribution < -0.4 is 16.0 Å². The van der Waals surface area contributed by atoms with Crippen molar-refractivity contribution in [1.29, 1.82) is 0 Å². The molecule has 1 amide bonds. The molecule has 3 N–H and O–H groups in total. The van der Waals surface area contributed by atoms with Crippen LogP contribution in [0.2, 0.25) is 0 Å². The lowest BCUT2D eigenvalue weighted by Gasteiger charge is -2.09. The summed E-state index contributed by atoms with van der Waals surface area (Å²) in [5, 5.41) is 19.6. The molecule has 0 aliphatic rings. The molecule has 1 rings (SSSR count). The average molecular weight is 296 g/mol. The Kier molecular flexibility index (Phi) is 7.13. The molecule has 0 atom stereocenters. The molecule has 21 heavy (non-hydrogen) atoms. The van der Waals surface area contributed by atoms with Gasteiger partial charge in [0.25, 0.3) is 11.6 Å². The van der Waals surface area contributed by atoms with Gasteiger partial charge in [0.05, 0.1) is 11.5 Å². The van der Waals surface area contributed by atoms with E-state index in [1.807, 2.05) is 0 Å². The van der Waals surface area contributed by atoms with E-state index < -0.39 is 4.92 Å². The van der Waals surface area contributed by atoms with Crippen LogP contribution in [0, 0.1) is 10.1 Å². The van der Waals surface area contributed by atoms with Crippen LogP contribution >= 0.6 is 0 Å². The first-order valence-electron chi connectivity index (χ1n) is 6.54. The first-order valence-corrected chi connectivity index (χ1v) is 6.54. The minimum absolute atomic E-state index is 0.118. The van der Waals surface area contributed by atoms with Gasteiger partial charge in [-0.3, -0.25) is 14.9 Å². The summed E-state index contributed by atoms with van der Waals surface area (Å²) >= 11 is 0. The maximum Gasteiger partial charge on any atom is 0.293 e. The highest BCUT2D eigenvalue weighted by Gasteiger charge is 2.16. The van der Waals surface area contributed by atoms with E-state index in [0.717, 1.165) is 6.54 Å². The molecule has 0 unspecified atom stereocenters. The number of carbonyl (C=O) groups is 1. The molecule has 1 aromatic carbocycles. The van der Waals surface area contributed by atoms with Crippen LogP contribution in [0.3, 0.4) is 0 Å². The Morgan fingerprint density at radius 3 is 2.71 bits per heavy atom. The van der Waals surface area contributed by atoms with E-state index in [0.29, 0.717) is 25.4 Å². The Morgan fingerprint density at radius 1 is 1.33 bits per heavy atom. The van der Waals surface area contributed by atoms with E-state index in [4.69, 9.17) is 4.74 Å². The summed E-state index contributed by atoms with van der Waals surface area (Å²) in [6.45, 7) is 2.51. The Bertz CT molecular complexity index is 493. The number of hydrogen-bond acceptors (Lipinski definition) is 6. The van der Waals surface area contributed by atoms with Crippen LogP contribution in [-0.2, 0) is 4.74 Å². The fourth-order valence-corrected chi connectivity index (χ4v) is 1.70. The average Bonchev–Trinajstić information content (AvgIpc) is 2.49. The van der Waals surface area contributed by atoms with Gasteiger partial charge < -0.3 is 20.7 Å². The lowest BCUT2D eigenvalue weighted by molar-refractivity contribution is -0.384.